The molecule has 4 heteroatoms. The molecule has 0 atom stereocenters. The van der Waals surface area contributed by atoms with E-state index in [1.165, 1.54) is 16.7 Å². The normalized spacial score (nSPS) is 11.0. The van der Waals surface area contributed by atoms with Crippen molar-refractivity contribution in [3.8, 4) is 5.75 Å². The molecule has 0 bridgehead atoms. The molecule has 0 unspecified atom stereocenters. The first-order valence-electron chi connectivity index (χ1n) is 9.04. The van der Waals surface area contributed by atoms with Crippen LogP contribution in [0, 0.1) is 0 Å². The summed E-state index contributed by atoms with van der Waals surface area (Å²) in [6.07, 6.45) is 0. The zero-order valence-electron chi connectivity index (χ0n) is 15.6. The molecule has 27 heavy (non-hydrogen) atoms. The minimum atomic E-state index is 0.556. The fraction of sp³-hybridized carbons (Fsp3) is 0.217. The summed E-state index contributed by atoms with van der Waals surface area (Å²) in [5, 5.41) is 0.766. The van der Waals surface area contributed by atoms with Crippen molar-refractivity contribution in [2.45, 2.75) is 26.2 Å². The number of hydrogen-bond acceptors (Lipinski definition) is 3. The monoisotopic (exact) mass is 380 g/mol. The molecular weight excluding hydrogens is 356 g/mol. The van der Waals surface area contributed by atoms with Crippen LogP contribution in [0.4, 0.5) is 0 Å². The molecule has 0 aliphatic rings. The zero-order chi connectivity index (χ0) is 19.1. The molecule has 0 saturated carbocycles. The molecule has 3 rings (SSSR count). The van der Waals surface area contributed by atoms with Crippen molar-refractivity contribution in [3.05, 3.63) is 100 Å². The number of rotatable bonds is 8. The van der Waals surface area contributed by atoms with Crippen LogP contribution in [0.1, 0.15) is 22.3 Å². The Morgan fingerprint density at radius 1 is 0.778 bits per heavy atom. The number of halogens is 1. The van der Waals surface area contributed by atoms with Crippen LogP contribution in [0.5, 0.6) is 5.75 Å². The van der Waals surface area contributed by atoms with Gasteiger partial charge in [-0.1, -0.05) is 60.1 Å². The van der Waals surface area contributed by atoms with E-state index in [9.17, 15) is 0 Å². The van der Waals surface area contributed by atoms with Gasteiger partial charge in [-0.25, -0.2) is 0 Å². The molecular formula is C23H25ClN2O. The zero-order valence-corrected chi connectivity index (χ0v) is 16.3. The maximum absolute atomic E-state index is 6.18. The molecule has 0 heterocycles. The highest BCUT2D eigenvalue weighted by molar-refractivity contribution is 6.30. The summed E-state index contributed by atoms with van der Waals surface area (Å²) in [4.78, 5) is 2.41. The van der Waals surface area contributed by atoms with E-state index >= 15 is 0 Å². The standard InChI is InChI=1S/C23H25ClN2O/c1-27-23-10-8-18(9-11-23)15-26(17-21-6-3-7-22(24)13-21)16-20-5-2-4-19(12-20)14-25/h2-13H,14-17,25H2,1H3. The van der Waals surface area contributed by atoms with Crippen LogP contribution in [-0.2, 0) is 26.2 Å². The van der Waals surface area contributed by atoms with Crippen molar-refractivity contribution in [2.24, 2.45) is 5.73 Å². The lowest BCUT2D eigenvalue weighted by Gasteiger charge is -2.23. The third-order valence-corrected chi connectivity index (χ3v) is 4.73. The van der Waals surface area contributed by atoms with Gasteiger partial charge in [-0.3, -0.25) is 4.90 Å². The molecule has 3 aromatic rings. The van der Waals surface area contributed by atoms with Crippen LogP contribution < -0.4 is 10.5 Å². The summed E-state index contributed by atoms with van der Waals surface area (Å²) in [5.74, 6) is 0.871. The average Bonchev–Trinajstić information content (AvgIpc) is 2.69. The number of benzene rings is 3. The van der Waals surface area contributed by atoms with Crippen molar-refractivity contribution in [1.29, 1.82) is 0 Å². The molecule has 0 saturated heterocycles. The van der Waals surface area contributed by atoms with Crippen LogP contribution in [0.3, 0.4) is 0 Å². The minimum Gasteiger partial charge on any atom is -0.497 e. The summed E-state index contributed by atoms with van der Waals surface area (Å²) < 4.78 is 5.26. The van der Waals surface area contributed by atoms with E-state index in [0.717, 1.165) is 36.0 Å². The van der Waals surface area contributed by atoms with E-state index in [0.29, 0.717) is 6.54 Å². The van der Waals surface area contributed by atoms with Crippen molar-refractivity contribution in [1.82, 2.24) is 4.90 Å². The predicted octanol–water partition coefficient (Wildman–Crippen LogP) is 5.01. The van der Waals surface area contributed by atoms with Crippen molar-refractivity contribution >= 4 is 11.6 Å². The van der Waals surface area contributed by atoms with Gasteiger partial charge >= 0.3 is 0 Å². The SMILES string of the molecule is COc1ccc(CN(Cc2cccc(Cl)c2)Cc2cccc(CN)c2)cc1. The molecule has 0 aromatic heterocycles. The van der Waals surface area contributed by atoms with E-state index in [2.05, 4.69) is 47.4 Å². The fourth-order valence-electron chi connectivity index (χ4n) is 3.16. The summed E-state index contributed by atoms with van der Waals surface area (Å²) in [7, 11) is 1.69. The van der Waals surface area contributed by atoms with Gasteiger partial charge in [0.15, 0.2) is 0 Å². The summed E-state index contributed by atoms with van der Waals surface area (Å²) in [5.41, 5.74) is 10.7. The van der Waals surface area contributed by atoms with Crippen molar-refractivity contribution in [2.75, 3.05) is 7.11 Å². The average molecular weight is 381 g/mol. The second-order valence-electron chi connectivity index (χ2n) is 6.65. The lowest BCUT2D eigenvalue weighted by atomic mass is 10.1. The first-order valence-corrected chi connectivity index (χ1v) is 9.41. The van der Waals surface area contributed by atoms with E-state index < -0.39 is 0 Å². The van der Waals surface area contributed by atoms with E-state index in [1.807, 2.05) is 30.3 Å². The Hall–Kier alpha value is -2.33. The highest BCUT2D eigenvalue weighted by atomic mass is 35.5. The molecule has 3 aromatic carbocycles. The van der Waals surface area contributed by atoms with Gasteiger partial charge < -0.3 is 10.5 Å². The Kier molecular flexibility index (Phi) is 6.88. The molecule has 0 spiro atoms. The third kappa shape index (κ3) is 5.83. The summed E-state index contributed by atoms with van der Waals surface area (Å²) >= 11 is 6.18. The molecule has 3 nitrogen and oxygen atoms in total. The Morgan fingerprint density at radius 2 is 1.37 bits per heavy atom. The number of hydrogen-bond donors (Lipinski definition) is 1. The second kappa shape index (κ2) is 9.56. The topological polar surface area (TPSA) is 38.5 Å². The maximum atomic E-state index is 6.18. The van der Waals surface area contributed by atoms with Gasteiger partial charge in [0.05, 0.1) is 7.11 Å². The summed E-state index contributed by atoms with van der Waals surface area (Å²) in [6, 6.07) is 24.7. The van der Waals surface area contributed by atoms with Gasteiger partial charge in [0.25, 0.3) is 0 Å². The molecule has 0 radical (unpaired) electrons. The molecule has 0 amide bonds. The van der Waals surface area contributed by atoms with Gasteiger partial charge in [0.1, 0.15) is 5.75 Å². The molecule has 0 aliphatic heterocycles. The second-order valence-corrected chi connectivity index (χ2v) is 7.08. The van der Waals surface area contributed by atoms with Gasteiger partial charge in [-0.15, -0.1) is 0 Å². The van der Waals surface area contributed by atoms with Gasteiger partial charge in [0, 0.05) is 31.2 Å². The quantitative estimate of drug-likeness (QED) is 0.597. The predicted molar refractivity (Wildman–Crippen MR) is 112 cm³/mol. The van der Waals surface area contributed by atoms with E-state index in [4.69, 9.17) is 22.1 Å². The van der Waals surface area contributed by atoms with Crippen LogP contribution in [0.15, 0.2) is 72.8 Å². The molecule has 140 valence electrons. The summed E-state index contributed by atoms with van der Waals surface area (Å²) in [6.45, 7) is 3.05. The lowest BCUT2D eigenvalue weighted by molar-refractivity contribution is 0.247. The Labute approximate surface area is 166 Å². The fourth-order valence-corrected chi connectivity index (χ4v) is 3.38. The van der Waals surface area contributed by atoms with E-state index in [-0.39, 0.29) is 0 Å². The van der Waals surface area contributed by atoms with Crippen molar-refractivity contribution < 1.29 is 4.74 Å². The first kappa shape index (κ1) is 19.4. The smallest absolute Gasteiger partial charge is 0.118 e. The van der Waals surface area contributed by atoms with Crippen LogP contribution in [0.2, 0.25) is 5.02 Å². The van der Waals surface area contributed by atoms with Gasteiger partial charge in [-0.05, 0) is 46.5 Å². The number of nitrogens with zero attached hydrogens (tertiary/aromatic N) is 1. The first-order chi connectivity index (χ1) is 13.2. The third-order valence-electron chi connectivity index (χ3n) is 4.49. The molecule has 0 aliphatic carbocycles. The minimum absolute atomic E-state index is 0.556. The van der Waals surface area contributed by atoms with Gasteiger partial charge in [-0.2, -0.15) is 0 Å². The number of nitrogens with two attached hydrogens (primary N) is 1. The number of methoxy groups -OCH3 is 1. The Bertz CT molecular complexity index is 864. The molecule has 0 fully saturated rings. The van der Waals surface area contributed by atoms with E-state index in [1.54, 1.807) is 7.11 Å². The van der Waals surface area contributed by atoms with Crippen LogP contribution in [-0.4, -0.2) is 12.0 Å². The lowest BCUT2D eigenvalue weighted by Crippen LogP contribution is -2.22. The van der Waals surface area contributed by atoms with Crippen LogP contribution in [0.25, 0.3) is 0 Å². The van der Waals surface area contributed by atoms with Gasteiger partial charge in [0.2, 0.25) is 0 Å². The Balaban J connectivity index is 1.80. The largest absolute Gasteiger partial charge is 0.497 e. The number of ether oxygens (including phenoxy) is 1. The van der Waals surface area contributed by atoms with Crippen LogP contribution >= 0.6 is 11.6 Å². The van der Waals surface area contributed by atoms with Crippen molar-refractivity contribution in [3.63, 3.8) is 0 Å². The molecule has 2 N–H and O–H groups in total. The maximum Gasteiger partial charge on any atom is 0.118 e. The highest BCUT2D eigenvalue weighted by Crippen LogP contribution is 2.19. The highest BCUT2D eigenvalue weighted by Gasteiger charge is 2.10. The Morgan fingerprint density at radius 3 is 2.00 bits per heavy atom.